The number of hydrogen-bond acceptors (Lipinski definition) is 6. The molecule has 12 heteroatoms. The van der Waals surface area contributed by atoms with Crippen LogP contribution >= 0.6 is 50.2 Å². The van der Waals surface area contributed by atoms with Gasteiger partial charge in [0.2, 0.25) is 0 Å². The maximum atomic E-state index is 13.2. The Labute approximate surface area is 213 Å². The summed E-state index contributed by atoms with van der Waals surface area (Å²) >= 11 is 11.9. The van der Waals surface area contributed by atoms with E-state index in [0.29, 0.717) is 48.3 Å². The highest BCUT2D eigenvalue weighted by Crippen LogP contribution is 2.31. The van der Waals surface area contributed by atoms with Gasteiger partial charge in [0, 0.05) is 30.7 Å². The number of thiophene rings is 1. The van der Waals surface area contributed by atoms with Crippen LogP contribution in [-0.4, -0.2) is 49.5 Å². The second-order valence-corrected chi connectivity index (χ2v) is 13.4. The smallest absolute Gasteiger partial charge is 0.252 e. The molecule has 0 N–H and O–H groups in total. The molecule has 1 aliphatic rings. The molecular weight excluding hydrogens is 570 g/mol. The average Bonchev–Trinajstić information content (AvgIpc) is 3.37. The van der Waals surface area contributed by atoms with Crippen LogP contribution in [0.4, 0.5) is 0 Å². The van der Waals surface area contributed by atoms with Crippen LogP contribution < -0.4 is 4.80 Å². The molecule has 33 heavy (non-hydrogen) atoms. The van der Waals surface area contributed by atoms with Gasteiger partial charge in [-0.2, -0.15) is 9.30 Å². The van der Waals surface area contributed by atoms with Crippen LogP contribution in [0.25, 0.3) is 10.2 Å². The van der Waals surface area contributed by atoms with Gasteiger partial charge in [-0.3, -0.25) is 4.79 Å². The van der Waals surface area contributed by atoms with Gasteiger partial charge in [0.05, 0.1) is 27.1 Å². The number of rotatable bonds is 7. The van der Waals surface area contributed by atoms with Crippen molar-refractivity contribution in [3.63, 3.8) is 0 Å². The zero-order valence-electron chi connectivity index (χ0n) is 17.9. The predicted molar refractivity (Wildman–Crippen MR) is 135 cm³/mol. The summed E-state index contributed by atoms with van der Waals surface area (Å²) in [5, 5.41) is 0. The zero-order chi connectivity index (χ0) is 23.6. The maximum absolute atomic E-state index is 13.2. The maximum Gasteiger partial charge on any atom is 0.252 e. The van der Waals surface area contributed by atoms with E-state index in [9.17, 15) is 13.2 Å². The summed E-state index contributed by atoms with van der Waals surface area (Å²) in [6.07, 6.45) is 1.21. The van der Waals surface area contributed by atoms with Gasteiger partial charge in [-0.25, -0.2) is 8.42 Å². The van der Waals surface area contributed by atoms with Crippen molar-refractivity contribution in [1.82, 2.24) is 8.87 Å². The van der Waals surface area contributed by atoms with E-state index in [1.54, 1.807) is 6.07 Å². The van der Waals surface area contributed by atoms with E-state index in [0.717, 1.165) is 26.0 Å². The molecule has 0 aliphatic carbocycles. The summed E-state index contributed by atoms with van der Waals surface area (Å²) in [6.45, 7) is 4.14. The number of fused-ring (bicyclic) bond motifs is 1. The van der Waals surface area contributed by atoms with E-state index in [2.05, 4.69) is 20.9 Å². The molecule has 7 nitrogen and oxygen atoms in total. The van der Waals surface area contributed by atoms with Crippen LogP contribution in [0.3, 0.4) is 0 Å². The molecule has 3 heterocycles. The SMILES string of the molecule is CCOCCn1c(=NC(=O)C2CCCN(S(=O)(=O)c3ccc(Cl)s3)C2)sc2cc(Br)ccc21. The van der Waals surface area contributed by atoms with Crippen LogP contribution in [-0.2, 0) is 26.1 Å². The third-order valence-corrected chi connectivity index (χ3v) is 10.5. The largest absolute Gasteiger partial charge is 0.380 e. The van der Waals surface area contributed by atoms with E-state index in [1.165, 1.54) is 21.7 Å². The van der Waals surface area contributed by atoms with Crippen molar-refractivity contribution < 1.29 is 17.9 Å². The molecule has 0 spiro atoms. The number of nitrogens with zero attached hydrogens (tertiary/aromatic N) is 3. The Bertz CT molecular complexity index is 1330. The van der Waals surface area contributed by atoms with Crippen LogP contribution in [0.5, 0.6) is 0 Å². The number of halogens is 2. The number of hydrogen-bond donors (Lipinski definition) is 0. The Morgan fingerprint density at radius 3 is 2.85 bits per heavy atom. The van der Waals surface area contributed by atoms with E-state index in [4.69, 9.17) is 16.3 Å². The van der Waals surface area contributed by atoms with Gasteiger partial charge in [0.1, 0.15) is 4.21 Å². The molecule has 3 aromatic rings. The highest BCUT2D eigenvalue weighted by Gasteiger charge is 2.34. The van der Waals surface area contributed by atoms with Crippen LogP contribution in [0.1, 0.15) is 19.8 Å². The summed E-state index contributed by atoms with van der Waals surface area (Å²) in [5.41, 5.74) is 0.983. The molecule has 178 valence electrons. The van der Waals surface area contributed by atoms with Gasteiger partial charge in [-0.1, -0.05) is 38.9 Å². The van der Waals surface area contributed by atoms with Gasteiger partial charge >= 0.3 is 0 Å². The molecule has 0 bridgehead atoms. The number of aromatic nitrogens is 1. The Hall–Kier alpha value is -1.08. The number of piperidine rings is 1. The lowest BCUT2D eigenvalue weighted by molar-refractivity contribution is -0.122. The number of ether oxygens (including phenoxy) is 1. The first-order valence-corrected chi connectivity index (χ1v) is 14.7. The fourth-order valence-electron chi connectivity index (χ4n) is 3.76. The van der Waals surface area contributed by atoms with Crippen LogP contribution in [0.15, 0.2) is 44.0 Å². The quantitative estimate of drug-likeness (QED) is 0.371. The Morgan fingerprint density at radius 2 is 2.12 bits per heavy atom. The normalized spacial score (nSPS) is 18.3. The molecule has 4 rings (SSSR count). The van der Waals surface area contributed by atoms with Crippen molar-refractivity contribution in [2.75, 3.05) is 26.3 Å². The summed E-state index contributed by atoms with van der Waals surface area (Å²) in [7, 11) is -3.68. The second-order valence-electron chi connectivity index (χ2n) is 7.56. The number of sulfonamides is 1. The molecule has 1 aliphatic heterocycles. The average molecular weight is 593 g/mol. The van der Waals surface area contributed by atoms with Gasteiger partial charge in [-0.05, 0) is 50.1 Å². The lowest BCUT2D eigenvalue weighted by Gasteiger charge is -2.29. The van der Waals surface area contributed by atoms with E-state index >= 15 is 0 Å². The minimum Gasteiger partial charge on any atom is -0.380 e. The molecule has 1 atom stereocenters. The van der Waals surface area contributed by atoms with Gasteiger partial charge in [0.15, 0.2) is 4.80 Å². The summed E-state index contributed by atoms with van der Waals surface area (Å²) in [4.78, 5) is 18.2. The second kappa shape index (κ2) is 10.7. The highest BCUT2D eigenvalue weighted by molar-refractivity contribution is 9.10. The lowest BCUT2D eigenvalue weighted by Crippen LogP contribution is -2.42. The molecule has 1 saturated heterocycles. The zero-order valence-corrected chi connectivity index (χ0v) is 22.7. The minimum absolute atomic E-state index is 0.121. The number of carbonyl (C=O) groups is 1. The molecule has 1 aromatic carbocycles. The molecule has 2 aromatic heterocycles. The van der Waals surface area contributed by atoms with Gasteiger partial charge in [0.25, 0.3) is 15.9 Å². The molecule has 0 saturated carbocycles. The fourth-order valence-corrected chi connectivity index (χ4v) is 8.53. The van der Waals surface area contributed by atoms with E-state index in [-0.39, 0.29) is 16.7 Å². The van der Waals surface area contributed by atoms with E-state index in [1.807, 2.05) is 29.7 Å². The molecule has 0 radical (unpaired) electrons. The standard InChI is InChI=1S/C21H23BrClN3O4S3/c1-2-30-11-10-26-16-6-5-15(22)12-17(16)31-21(26)24-20(27)14-4-3-9-25(13-14)33(28,29)19-8-7-18(23)32-19/h5-8,12,14H,2-4,9-11,13H2,1H3. The number of carbonyl (C=O) groups excluding carboxylic acids is 1. The lowest BCUT2D eigenvalue weighted by atomic mass is 9.99. The fraction of sp³-hybridized carbons (Fsp3) is 0.429. The summed E-state index contributed by atoms with van der Waals surface area (Å²) in [5.74, 6) is -0.781. The molecule has 1 fully saturated rings. The number of thiazole rings is 1. The first-order chi connectivity index (χ1) is 15.8. The first-order valence-electron chi connectivity index (χ1n) is 10.5. The summed E-state index contributed by atoms with van der Waals surface area (Å²) in [6, 6.07) is 9.03. The Balaban J connectivity index is 1.61. The highest BCUT2D eigenvalue weighted by atomic mass is 79.9. The predicted octanol–water partition coefficient (Wildman–Crippen LogP) is 4.74. The molecule has 1 amide bonds. The van der Waals surface area contributed by atoms with Crippen molar-refractivity contribution in [2.45, 2.75) is 30.5 Å². The number of amides is 1. The van der Waals surface area contributed by atoms with Crippen molar-refractivity contribution in [3.05, 3.63) is 43.9 Å². The van der Waals surface area contributed by atoms with Gasteiger partial charge in [-0.15, -0.1) is 11.3 Å². The summed E-state index contributed by atoms with van der Waals surface area (Å²) < 4.78 is 37.4. The Kier molecular flexibility index (Phi) is 8.10. The molecular formula is C21H23BrClN3O4S3. The van der Waals surface area contributed by atoms with Crippen molar-refractivity contribution in [1.29, 1.82) is 0 Å². The van der Waals surface area contributed by atoms with E-state index < -0.39 is 15.9 Å². The Morgan fingerprint density at radius 1 is 1.30 bits per heavy atom. The first kappa shape index (κ1) is 25.0. The van der Waals surface area contributed by atoms with Crippen LogP contribution in [0.2, 0.25) is 4.34 Å². The minimum atomic E-state index is -3.68. The third kappa shape index (κ3) is 5.61. The van der Waals surface area contributed by atoms with Crippen LogP contribution in [0, 0.1) is 5.92 Å². The van der Waals surface area contributed by atoms with Crippen molar-refractivity contribution >= 4 is 76.4 Å². The van der Waals surface area contributed by atoms with Crippen molar-refractivity contribution in [3.8, 4) is 0 Å². The molecule has 1 unspecified atom stereocenters. The number of benzene rings is 1. The monoisotopic (exact) mass is 591 g/mol. The van der Waals surface area contributed by atoms with Gasteiger partial charge < -0.3 is 9.30 Å². The third-order valence-electron chi connectivity index (χ3n) is 5.39. The topological polar surface area (TPSA) is 81.0 Å². The van der Waals surface area contributed by atoms with Crippen molar-refractivity contribution in [2.24, 2.45) is 10.9 Å².